The first-order chi connectivity index (χ1) is 8.18. The second-order valence-corrected chi connectivity index (χ2v) is 4.88. The number of carboxylic acid groups (broad SMARTS) is 1. The molecule has 96 valence electrons. The molecule has 2 unspecified atom stereocenters. The van der Waals surface area contributed by atoms with Crippen LogP contribution in [0.3, 0.4) is 0 Å². The summed E-state index contributed by atoms with van der Waals surface area (Å²) in [6.07, 6.45) is 3.95. The van der Waals surface area contributed by atoms with Crippen molar-refractivity contribution in [2.75, 3.05) is 13.2 Å². The molecule has 2 rings (SSSR count). The van der Waals surface area contributed by atoms with Crippen LogP contribution in [0.4, 0.5) is 0 Å². The van der Waals surface area contributed by atoms with E-state index in [2.05, 4.69) is 5.32 Å². The van der Waals surface area contributed by atoms with Gasteiger partial charge in [0.1, 0.15) is 6.10 Å². The van der Waals surface area contributed by atoms with Gasteiger partial charge < -0.3 is 15.2 Å². The lowest BCUT2D eigenvalue weighted by Gasteiger charge is -2.17. The maximum Gasteiger partial charge on any atom is 0.306 e. The molecule has 2 aliphatic rings. The van der Waals surface area contributed by atoms with Crippen LogP contribution in [0.15, 0.2) is 0 Å². The molecule has 0 bridgehead atoms. The lowest BCUT2D eigenvalue weighted by Crippen LogP contribution is -2.38. The lowest BCUT2D eigenvalue weighted by molar-refractivity contribution is -0.143. The zero-order valence-electron chi connectivity index (χ0n) is 9.85. The van der Waals surface area contributed by atoms with Gasteiger partial charge in [0.15, 0.2) is 0 Å². The maximum atomic E-state index is 11.7. The Bertz CT molecular complexity index is 299. The van der Waals surface area contributed by atoms with E-state index in [9.17, 15) is 9.59 Å². The van der Waals surface area contributed by atoms with Crippen molar-refractivity contribution >= 4 is 11.9 Å². The molecule has 17 heavy (non-hydrogen) atoms. The normalized spacial score (nSPS) is 32.6. The third kappa shape index (κ3) is 2.97. The minimum atomic E-state index is -0.737. The molecule has 5 nitrogen and oxygen atoms in total. The van der Waals surface area contributed by atoms with Crippen molar-refractivity contribution in [3.63, 3.8) is 0 Å². The predicted molar refractivity (Wildman–Crippen MR) is 60.5 cm³/mol. The van der Waals surface area contributed by atoms with Crippen molar-refractivity contribution in [2.24, 2.45) is 11.8 Å². The highest BCUT2D eigenvalue weighted by Gasteiger charge is 2.33. The molecule has 1 amide bonds. The van der Waals surface area contributed by atoms with Gasteiger partial charge in [-0.15, -0.1) is 0 Å². The Morgan fingerprint density at radius 1 is 1.24 bits per heavy atom. The van der Waals surface area contributed by atoms with Crippen LogP contribution in [0.5, 0.6) is 0 Å². The summed E-state index contributed by atoms with van der Waals surface area (Å²) in [6, 6.07) is 0. The van der Waals surface area contributed by atoms with E-state index in [4.69, 9.17) is 9.84 Å². The third-order valence-corrected chi connectivity index (χ3v) is 3.74. The molecule has 2 fully saturated rings. The standard InChI is InChI=1S/C12H19NO4/c14-11(10-5-2-6-17-10)13-7-8-3-1-4-9(8)12(15)16/h8-10H,1-7H2,(H,13,14)(H,15,16)/t8?,9?,10-/m0/s1. The first-order valence-electron chi connectivity index (χ1n) is 6.30. The average molecular weight is 241 g/mol. The summed E-state index contributed by atoms with van der Waals surface area (Å²) in [6.45, 7) is 1.12. The highest BCUT2D eigenvalue weighted by molar-refractivity contribution is 5.81. The number of carbonyl (C=O) groups is 2. The van der Waals surface area contributed by atoms with Gasteiger partial charge in [0.05, 0.1) is 5.92 Å². The summed E-state index contributed by atoms with van der Waals surface area (Å²) in [5, 5.41) is 11.8. The maximum absolute atomic E-state index is 11.7. The van der Waals surface area contributed by atoms with Gasteiger partial charge in [0, 0.05) is 13.2 Å². The Morgan fingerprint density at radius 3 is 2.71 bits per heavy atom. The number of nitrogens with one attached hydrogen (secondary N) is 1. The molecule has 1 aliphatic carbocycles. The first-order valence-corrected chi connectivity index (χ1v) is 6.30. The summed E-state index contributed by atoms with van der Waals surface area (Å²) < 4.78 is 5.28. The van der Waals surface area contributed by atoms with E-state index in [-0.39, 0.29) is 23.8 Å². The SMILES string of the molecule is O=C(O)C1CCCC1CNC(=O)[C@@H]1CCCO1. The average Bonchev–Trinajstić information content (AvgIpc) is 2.96. The number of carbonyl (C=O) groups excluding carboxylic acids is 1. The van der Waals surface area contributed by atoms with E-state index in [0.717, 1.165) is 32.1 Å². The largest absolute Gasteiger partial charge is 0.481 e. The van der Waals surface area contributed by atoms with Gasteiger partial charge >= 0.3 is 5.97 Å². The molecule has 0 aromatic rings. The fraction of sp³-hybridized carbons (Fsp3) is 0.833. The molecular weight excluding hydrogens is 222 g/mol. The molecule has 5 heteroatoms. The Hall–Kier alpha value is -1.10. The van der Waals surface area contributed by atoms with Crippen LogP contribution in [0.25, 0.3) is 0 Å². The van der Waals surface area contributed by atoms with E-state index in [1.54, 1.807) is 0 Å². The number of hydrogen-bond acceptors (Lipinski definition) is 3. The first kappa shape index (κ1) is 12.4. The van der Waals surface area contributed by atoms with E-state index < -0.39 is 5.97 Å². The molecule has 0 aromatic carbocycles. The summed E-state index contributed by atoms with van der Waals surface area (Å²) in [5.41, 5.74) is 0. The zero-order valence-corrected chi connectivity index (χ0v) is 9.85. The van der Waals surface area contributed by atoms with Crippen molar-refractivity contribution in [1.29, 1.82) is 0 Å². The summed E-state index contributed by atoms with van der Waals surface area (Å²) in [4.78, 5) is 22.7. The lowest BCUT2D eigenvalue weighted by atomic mass is 9.96. The Kier molecular flexibility index (Phi) is 3.99. The number of aliphatic carboxylic acids is 1. The van der Waals surface area contributed by atoms with Gasteiger partial charge in [-0.25, -0.2) is 0 Å². The minimum Gasteiger partial charge on any atom is -0.481 e. The second kappa shape index (κ2) is 5.49. The van der Waals surface area contributed by atoms with E-state index in [1.165, 1.54) is 0 Å². The molecule has 3 atom stereocenters. The molecule has 1 saturated heterocycles. The highest BCUT2D eigenvalue weighted by Crippen LogP contribution is 2.31. The van der Waals surface area contributed by atoms with Crippen LogP contribution < -0.4 is 5.32 Å². The molecule has 0 aromatic heterocycles. The van der Waals surface area contributed by atoms with E-state index in [0.29, 0.717) is 13.2 Å². The van der Waals surface area contributed by atoms with Crippen LogP contribution in [-0.4, -0.2) is 36.2 Å². The van der Waals surface area contributed by atoms with Crippen LogP contribution in [-0.2, 0) is 14.3 Å². The second-order valence-electron chi connectivity index (χ2n) is 4.88. The van der Waals surface area contributed by atoms with Crippen LogP contribution in [0.2, 0.25) is 0 Å². The van der Waals surface area contributed by atoms with Gasteiger partial charge in [0.2, 0.25) is 5.91 Å². The van der Waals surface area contributed by atoms with Crippen LogP contribution in [0.1, 0.15) is 32.1 Å². The van der Waals surface area contributed by atoms with Crippen molar-refractivity contribution in [3.8, 4) is 0 Å². The molecule has 0 spiro atoms. The minimum absolute atomic E-state index is 0.0813. The monoisotopic (exact) mass is 241 g/mol. The van der Waals surface area contributed by atoms with Gasteiger partial charge in [-0.2, -0.15) is 0 Å². The van der Waals surface area contributed by atoms with Crippen molar-refractivity contribution < 1.29 is 19.4 Å². The topological polar surface area (TPSA) is 75.6 Å². The zero-order chi connectivity index (χ0) is 12.3. The number of amides is 1. The molecular formula is C12H19NO4. The van der Waals surface area contributed by atoms with Crippen molar-refractivity contribution in [1.82, 2.24) is 5.32 Å². The quantitative estimate of drug-likeness (QED) is 0.762. The Morgan fingerprint density at radius 2 is 2.06 bits per heavy atom. The molecule has 1 aliphatic heterocycles. The van der Waals surface area contributed by atoms with Gasteiger partial charge in [0.25, 0.3) is 0 Å². The fourth-order valence-electron chi connectivity index (χ4n) is 2.74. The highest BCUT2D eigenvalue weighted by atomic mass is 16.5. The summed E-state index contributed by atoms with van der Waals surface area (Å²) in [7, 11) is 0. The molecule has 1 heterocycles. The van der Waals surface area contributed by atoms with Gasteiger partial charge in [-0.1, -0.05) is 6.42 Å². The summed E-state index contributed by atoms with van der Waals surface area (Å²) in [5.74, 6) is -1.03. The van der Waals surface area contributed by atoms with Crippen LogP contribution in [0, 0.1) is 11.8 Å². The molecule has 1 saturated carbocycles. The number of carboxylic acids is 1. The molecule has 0 radical (unpaired) electrons. The Labute approximate surface area is 101 Å². The van der Waals surface area contributed by atoms with Crippen molar-refractivity contribution in [2.45, 2.75) is 38.2 Å². The van der Waals surface area contributed by atoms with Crippen molar-refractivity contribution in [3.05, 3.63) is 0 Å². The van der Waals surface area contributed by atoms with E-state index in [1.807, 2.05) is 0 Å². The number of hydrogen-bond donors (Lipinski definition) is 2. The smallest absolute Gasteiger partial charge is 0.306 e. The number of rotatable bonds is 4. The summed E-state index contributed by atoms with van der Waals surface area (Å²) >= 11 is 0. The Balaban J connectivity index is 1.77. The van der Waals surface area contributed by atoms with Gasteiger partial charge in [-0.05, 0) is 31.6 Å². The van der Waals surface area contributed by atoms with Gasteiger partial charge in [-0.3, -0.25) is 9.59 Å². The number of ether oxygens (including phenoxy) is 1. The van der Waals surface area contributed by atoms with E-state index >= 15 is 0 Å². The fourth-order valence-corrected chi connectivity index (χ4v) is 2.74. The predicted octanol–water partition coefficient (Wildman–Crippen LogP) is 0.782. The molecule has 2 N–H and O–H groups in total. The third-order valence-electron chi connectivity index (χ3n) is 3.74. The van der Waals surface area contributed by atoms with Crippen LogP contribution >= 0.6 is 0 Å².